The van der Waals surface area contributed by atoms with Gasteiger partial charge in [0, 0.05) is 20.5 Å². The molecule has 0 aliphatic carbocycles. The number of fused-ring (bicyclic) bond motifs is 1. The zero-order valence-electron chi connectivity index (χ0n) is 9.12. The number of rotatable bonds is 2. The lowest BCUT2D eigenvalue weighted by Crippen LogP contribution is -2.33. The maximum absolute atomic E-state index is 11.6. The number of nitrogens with zero attached hydrogens (tertiary/aromatic N) is 1. The van der Waals surface area contributed by atoms with E-state index in [1.54, 1.807) is 25.3 Å². The summed E-state index contributed by atoms with van der Waals surface area (Å²) in [7, 11) is 3.54. The van der Waals surface area contributed by atoms with Gasteiger partial charge in [0.05, 0.1) is 12.3 Å². The van der Waals surface area contributed by atoms with Gasteiger partial charge in [-0.05, 0) is 24.6 Å². The summed E-state index contributed by atoms with van der Waals surface area (Å²) in [6.45, 7) is 0.915. The van der Waals surface area contributed by atoms with E-state index in [0.29, 0.717) is 6.42 Å². The SMILES string of the molecule is CN(C)C(=O)CC1NCCc2ccoc21. The summed E-state index contributed by atoms with van der Waals surface area (Å²) in [5, 5.41) is 3.31. The van der Waals surface area contributed by atoms with Gasteiger partial charge in [0.1, 0.15) is 5.76 Å². The van der Waals surface area contributed by atoms with E-state index >= 15 is 0 Å². The highest BCUT2D eigenvalue weighted by molar-refractivity contribution is 5.76. The molecule has 1 aromatic rings. The third-order valence-electron chi connectivity index (χ3n) is 2.76. The lowest BCUT2D eigenvalue weighted by atomic mass is 10.0. The van der Waals surface area contributed by atoms with Crippen LogP contribution in [-0.4, -0.2) is 31.4 Å². The second-order valence-electron chi connectivity index (χ2n) is 4.06. The maximum atomic E-state index is 11.6. The van der Waals surface area contributed by atoms with Crippen LogP contribution in [0.15, 0.2) is 16.7 Å². The molecule has 0 bridgehead atoms. The van der Waals surface area contributed by atoms with Crippen molar-refractivity contribution in [1.82, 2.24) is 10.2 Å². The number of furan rings is 1. The number of hydrogen-bond donors (Lipinski definition) is 1. The largest absolute Gasteiger partial charge is 0.467 e. The summed E-state index contributed by atoms with van der Waals surface area (Å²) in [4.78, 5) is 13.2. The van der Waals surface area contributed by atoms with Crippen molar-refractivity contribution >= 4 is 5.91 Å². The molecule has 0 aromatic carbocycles. The van der Waals surface area contributed by atoms with Crippen LogP contribution in [0.5, 0.6) is 0 Å². The smallest absolute Gasteiger partial charge is 0.224 e. The molecule has 1 aliphatic heterocycles. The van der Waals surface area contributed by atoms with Crippen LogP contribution in [-0.2, 0) is 11.2 Å². The Balaban J connectivity index is 2.10. The van der Waals surface area contributed by atoms with E-state index in [1.807, 2.05) is 6.07 Å². The van der Waals surface area contributed by atoms with Crippen LogP contribution in [0, 0.1) is 0 Å². The van der Waals surface area contributed by atoms with E-state index < -0.39 is 0 Å². The molecule has 0 saturated carbocycles. The molecule has 0 fully saturated rings. The molecule has 4 heteroatoms. The molecule has 1 aromatic heterocycles. The van der Waals surface area contributed by atoms with Crippen molar-refractivity contribution in [2.24, 2.45) is 0 Å². The Hall–Kier alpha value is -1.29. The van der Waals surface area contributed by atoms with E-state index in [2.05, 4.69) is 5.32 Å². The minimum absolute atomic E-state index is 0.0404. The maximum Gasteiger partial charge on any atom is 0.224 e. The molecule has 0 saturated heterocycles. The average Bonchev–Trinajstić information content (AvgIpc) is 2.66. The lowest BCUT2D eigenvalue weighted by molar-refractivity contribution is -0.129. The Bertz CT molecular complexity index is 357. The van der Waals surface area contributed by atoms with Crippen LogP contribution in [0.4, 0.5) is 0 Å². The van der Waals surface area contributed by atoms with Gasteiger partial charge < -0.3 is 14.6 Å². The summed E-state index contributed by atoms with van der Waals surface area (Å²) in [5.41, 5.74) is 1.23. The molecule has 2 rings (SSSR count). The van der Waals surface area contributed by atoms with E-state index in [4.69, 9.17) is 4.42 Å². The molecule has 0 spiro atoms. The zero-order chi connectivity index (χ0) is 10.8. The van der Waals surface area contributed by atoms with Crippen molar-refractivity contribution in [1.29, 1.82) is 0 Å². The first-order valence-electron chi connectivity index (χ1n) is 5.18. The van der Waals surface area contributed by atoms with Gasteiger partial charge in [0.25, 0.3) is 0 Å². The third kappa shape index (κ3) is 2.04. The fourth-order valence-electron chi connectivity index (χ4n) is 1.86. The highest BCUT2D eigenvalue weighted by Crippen LogP contribution is 2.26. The van der Waals surface area contributed by atoms with Gasteiger partial charge in [-0.15, -0.1) is 0 Å². The second kappa shape index (κ2) is 4.06. The Kier molecular flexibility index (Phi) is 2.77. The van der Waals surface area contributed by atoms with Crippen LogP contribution in [0.3, 0.4) is 0 Å². The average molecular weight is 208 g/mol. The van der Waals surface area contributed by atoms with Crippen LogP contribution < -0.4 is 5.32 Å². The number of amides is 1. The van der Waals surface area contributed by atoms with E-state index in [1.165, 1.54) is 5.56 Å². The fraction of sp³-hybridized carbons (Fsp3) is 0.545. The van der Waals surface area contributed by atoms with Crippen molar-refractivity contribution in [3.8, 4) is 0 Å². The molecule has 1 unspecified atom stereocenters. The molecule has 0 radical (unpaired) electrons. The first-order chi connectivity index (χ1) is 7.18. The molecule has 1 atom stereocenters. The minimum Gasteiger partial charge on any atom is -0.467 e. The van der Waals surface area contributed by atoms with Gasteiger partial charge >= 0.3 is 0 Å². The van der Waals surface area contributed by atoms with Crippen molar-refractivity contribution in [3.05, 3.63) is 23.7 Å². The normalized spacial score (nSPS) is 19.7. The van der Waals surface area contributed by atoms with Gasteiger partial charge in [-0.25, -0.2) is 0 Å². The topological polar surface area (TPSA) is 45.5 Å². The number of carbonyl (C=O) groups is 1. The van der Waals surface area contributed by atoms with Crippen molar-refractivity contribution in [2.45, 2.75) is 18.9 Å². The van der Waals surface area contributed by atoms with Gasteiger partial charge in [0.15, 0.2) is 0 Å². The Morgan fingerprint density at radius 2 is 2.47 bits per heavy atom. The monoisotopic (exact) mass is 208 g/mol. The van der Waals surface area contributed by atoms with E-state index in [-0.39, 0.29) is 11.9 Å². The van der Waals surface area contributed by atoms with Crippen LogP contribution >= 0.6 is 0 Å². The number of nitrogens with one attached hydrogen (secondary N) is 1. The molecular formula is C11H16N2O2. The van der Waals surface area contributed by atoms with E-state index in [9.17, 15) is 4.79 Å². The molecule has 82 valence electrons. The summed E-state index contributed by atoms with van der Waals surface area (Å²) < 4.78 is 5.42. The van der Waals surface area contributed by atoms with Crippen molar-refractivity contribution < 1.29 is 9.21 Å². The Morgan fingerprint density at radius 1 is 1.67 bits per heavy atom. The molecule has 1 N–H and O–H groups in total. The van der Waals surface area contributed by atoms with Gasteiger partial charge in [-0.3, -0.25) is 4.79 Å². The highest BCUT2D eigenvalue weighted by Gasteiger charge is 2.25. The third-order valence-corrected chi connectivity index (χ3v) is 2.76. The van der Waals surface area contributed by atoms with Crippen molar-refractivity contribution in [2.75, 3.05) is 20.6 Å². The summed E-state index contributed by atoms with van der Waals surface area (Å²) in [5.74, 6) is 1.05. The molecule has 4 nitrogen and oxygen atoms in total. The second-order valence-corrected chi connectivity index (χ2v) is 4.06. The lowest BCUT2D eigenvalue weighted by Gasteiger charge is -2.23. The van der Waals surface area contributed by atoms with Crippen LogP contribution in [0.1, 0.15) is 23.8 Å². The Morgan fingerprint density at radius 3 is 3.20 bits per heavy atom. The highest BCUT2D eigenvalue weighted by atomic mass is 16.3. The first kappa shape index (κ1) is 10.2. The summed E-state index contributed by atoms with van der Waals surface area (Å²) >= 11 is 0. The fourth-order valence-corrected chi connectivity index (χ4v) is 1.86. The minimum atomic E-state index is 0.0404. The Labute approximate surface area is 89.2 Å². The number of carbonyl (C=O) groups excluding carboxylic acids is 1. The van der Waals surface area contributed by atoms with Crippen LogP contribution in [0.25, 0.3) is 0 Å². The zero-order valence-corrected chi connectivity index (χ0v) is 9.12. The standard InChI is InChI=1S/C11H16N2O2/c1-13(2)10(14)7-9-11-8(3-5-12-9)4-6-15-11/h4,6,9,12H,3,5,7H2,1-2H3. The summed E-state index contributed by atoms with van der Waals surface area (Å²) in [6, 6.07) is 2.03. The van der Waals surface area contributed by atoms with Crippen LogP contribution in [0.2, 0.25) is 0 Å². The quantitative estimate of drug-likeness (QED) is 0.787. The van der Waals surface area contributed by atoms with Gasteiger partial charge in [0.2, 0.25) is 5.91 Å². The predicted molar refractivity (Wildman–Crippen MR) is 56.5 cm³/mol. The molecule has 1 aliphatic rings. The van der Waals surface area contributed by atoms with E-state index in [0.717, 1.165) is 18.7 Å². The molecular weight excluding hydrogens is 192 g/mol. The van der Waals surface area contributed by atoms with Crippen molar-refractivity contribution in [3.63, 3.8) is 0 Å². The predicted octanol–water partition coefficient (Wildman–Crippen LogP) is 0.945. The van der Waals surface area contributed by atoms with Gasteiger partial charge in [-0.2, -0.15) is 0 Å². The molecule has 1 amide bonds. The van der Waals surface area contributed by atoms with Gasteiger partial charge in [-0.1, -0.05) is 0 Å². The number of hydrogen-bond acceptors (Lipinski definition) is 3. The first-order valence-corrected chi connectivity index (χ1v) is 5.18. The molecule has 2 heterocycles. The summed E-state index contributed by atoms with van der Waals surface area (Å²) in [6.07, 6.45) is 3.15. The molecule has 15 heavy (non-hydrogen) atoms.